The van der Waals surface area contributed by atoms with Gasteiger partial charge in [0.05, 0.1) is 34.2 Å². The first-order valence-electron chi connectivity index (χ1n) is 10.9. The van der Waals surface area contributed by atoms with Crippen molar-refractivity contribution in [2.45, 2.75) is 19.6 Å². The average molecular weight is 670 g/mol. The predicted octanol–water partition coefficient (Wildman–Crippen LogP) is 4.00. The quantitative estimate of drug-likeness (QED) is 0.224. The van der Waals surface area contributed by atoms with Gasteiger partial charge in [0.2, 0.25) is 0 Å². The van der Waals surface area contributed by atoms with Gasteiger partial charge < -0.3 is 10.6 Å². The Bertz CT molecular complexity index is 1610. The Morgan fingerprint density at radius 2 is 1.97 bits per heavy atom. The van der Waals surface area contributed by atoms with Crippen molar-refractivity contribution < 1.29 is 22.8 Å². The van der Waals surface area contributed by atoms with E-state index in [4.69, 9.17) is 16.9 Å². The molecular formula is C23H16ClF3IN9O2. The second kappa shape index (κ2) is 11.4. The summed E-state index contributed by atoms with van der Waals surface area (Å²) < 4.78 is 40.7. The maximum Gasteiger partial charge on any atom is 0.436 e. The summed E-state index contributed by atoms with van der Waals surface area (Å²) in [6.45, 7) is 1.17. The summed E-state index contributed by atoms with van der Waals surface area (Å²) >= 11 is 8.31. The highest BCUT2D eigenvalue weighted by Gasteiger charge is 2.34. The second-order valence-electron chi connectivity index (χ2n) is 7.94. The molecule has 4 aromatic rings. The van der Waals surface area contributed by atoms with Gasteiger partial charge in [0, 0.05) is 9.77 Å². The minimum Gasteiger partial charge on any atom is -0.339 e. The molecule has 0 aliphatic rings. The van der Waals surface area contributed by atoms with Crippen LogP contribution in [0.1, 0.15) is 37.8 Å². The highest BCUT2D eigenvalue weighted by molar-refractivity contribution is 14.1. The van der Waals surface area contributed by atoms with E-state index < -0.39 is 23.7 Å². The fourth-order valence-electron chi connectivity index (χ4n) is 3.49. The number of benzene rings is 1. The summed E-state index contributed by atoms with van der Waals surface area (Å²) in [6, 6.07) is 9.55. The van der Waals surface area contributed by atoms with Crippen LogP contribution in [0.25, 0.3) is 5.82 Å². The fraction of sp³-hybridized carbons (Fsp3) is 0.174. The number of hydrogen-bond donors (Lipinski definition) is 2. The molecule has 2 amide bonds. The second-order valence-corrected chi connectivity index (χ2v) is 9.59. The highest BCUT2D eigenvalue weighted by Crippen LogP contribution is 2.28. The number of nitrogens with zero attached hydrogens (tertiary/aromatic N) is 7. The molecule has 0 fully saturated rings. The molecule has 0 atom stereocenters. The number of aryl methyl sites for hydroxylation is 1. The molecule has 0 bridgehead atoms. The number of rotatable bonds is 7. The first-order valence-corrected chi connectivity index (χ1v) is 12.4. The van der Waals surface area contributed by atoms with E-state index in [-0.39, 0.29) is 46.6 Å². The van der Waals surface area contributed by atoms with Crippen molar-refractivity contribution in [3.63, 3.8) is 0 Å². The molecule has 39 heavy (non-hydrogen) atoms. The molecule has 200 valence electrons. The Balaban J connectivity index is 1.73. The molecule has 0 radical (unpaired) electrons. The number of aromatic nitrogens is 6. The topological polar surface area (TPSA) is 143 Å². The normalized spacial score (nSPS) is 11.2. The number of carbonyl (C=O) groups excluding carboxylic acids is 2. The molecule has 0 unspecified atom stereocenters. The van der Waals surface area contributed by atoms with Gasteiger partial charge in [-0.15, -0.1) is 5.10 Å². The summed E-state index contributed by atoms with van der Waals surface area (Å²) in [4.78, 5) is 31.2. The molecule has 11 nitrogen and oxygen atoms in total. The van der Waals surface area contributed by atoms with Crippen molar-refractivity contribution in [1.29, 1.82) is 5.26 Å². The molecule has 16 heteroatoms. The number of nitrogens with one attached hydrogen (secondary N) is 2. The van der Waals surface area contributed by atoms with Gasteiger partial charge in [0.25, 0.3) is 11.8 Å². The summed E-state index contributed by atoms with van der Waals surface area (Å²) in [5.74, 6) is -1.19. The van der Waals surface area contributed by atoms with Crippen LogP contribution in [0.15, 0.2) is 42.7 Å². The molecule has 0 aliphatic heterocycles. The van der Waals surface area contributed by atoms with Gasteiger partial charge in [-0.2, -0.15) is 33.4 Å². The van der Waals surface area contributed by atoms with Crippen LogP contribution in [0.2, 0.25) is 5.02 Å². The lowest BCUT2D eigenvalue weighted by Gasteiger charge is -2.15. The first kappa shape index (κ1) is 28.0. The third kappa shape index (κ3) is 6.34. The first-order chi connectivity index (χ1) is 18.5. The SMILES string of the molecule is Cc1cc(I)cc(C(=O)NCC#N)c1NC(=O)c1cc(Cn2ncc(C(F)(F)F)n2)nn1-c1ncccc1Cl. The van der Waals surface area contributed by atoms with E-state index in [0.717, 1.165) is 13.0 Å². The Morgan fingerprint density at radius 3 is 2.64 bits per heavy atom. The molecule has 3 aromatic heterocycles. The number of carbonyl (C=O) groups is 2. The van der Waals surface area contributed by atoms with Crippen LogP contribution in [-0.4, -0.2) is 48.1 Å². The number of pyridine rings is 1. The number of anilines is 1. The van der Waals surface area contributed by atoms with E-state index in [1.807, 2.05) is 28.7 Å². The van der Waals surface area contributed by atoms with Gasteiger partial charge in [0.15, 0.2) is 11.5 Å². The van der Waals surface area contributed by atoms with Crippen LogP contribution in [0.4, 0.5) is 18.9 Å². The van der Waals surface area contributed by atoms with Crippen LogP contribution < -0.4 is 10.6 Å². The number of amides is 2. The van der Waals surface area contributed by atoms with Crippen LogP contribution in [-0.2, 0) is 12.7 Å². The lowest BCUT2D eigenvalue weighted by atomic mass is 10.1. The standard InChI is InChI=1S/C23H16ClF3IN9O2/c1-12-7-13(28)8-15(21(38)31-6-4-29)19(12)33-22(39)17-9-14(11-36-32-10-18(35-36)23(25,26)27)34-37(17)20-16(24)3-2-5-30-20/h2-3,5,7-10H,6,11H2,1H3,(H,31,38)(H,33,39). The van der Waals surface area contributed by atoms with Gasteiger partial charge >= 0.3 is 6.18 Å². The van der Waals surface area contributed by atoms with Crippen molar-refractivity contribution in [3.8, 4) is 11.9 Å². The van der Waals surface area contributed by atoms with Gasteiger partial charge in [-0.1, -0.05) is 11.6 Å². The van der Waals surface area contributed by atoms with Crippen molar-refractivity contribution >= 4 is 51.7 Å². The van der Waals surface area contributed by atoms with E-state index in [2.05, 4.69) is 30.9 Å². The zero-order valence-corrected chi connectivity index (χ0v) is 22.7. The van der Waals surface area contributed by atoms with Crippen molar-refractivity contribution in [2.75, 3.05) is 11.9 Å². The maximum absolute atomic E-state index is 13.5. The van der Waals surface area contributed by atoms with Gasteiger partial charge in [-0.05, 0) is 65.4 Å². The smallest absolute Gasteiger partial charge is 0.339 e. The van der Waals surface area contributed by atoms with Gasteiger partial charge in [-0.25, -0.2) is 9.67 Å². The Morgan fingerprint density at radius 1 is 1.21 bits per heavy atom. The Labute approximate surface area is 237 Å². The van der Waals surface area contributed by atoms with Gasteiger partial charge in [0.1, 0.15) is 18.8 Å². The van der Waals surface area contributed by atoms with Gasteiger partial charge in [-0.3, -0.25) is 9.59 Å². The molecule has 0 saturated carbocycles. The Hall–Kier alpha value is -4.04. The third-order valence-electron chi connectivity index (χ3n) is 5.17. The van der Waals surface area contributed by atoms with Crippen molar-refractivity contribution in [3.05, 3.63) is 79.5 Å². The number of halogens is 5. The fourth-order valence-corrected chi connectivity index (χ4v) is 4.47. The third-order valence-corrected chi connectivity index (χ3v) is 6.09. The maximum atomic E-state index is 13.5. The number of nitriles is 1. The summed E-state index contributed by atoms with van der Waals surface area (Å²) in [5.41, 5.74) is -0.219. The van der Waals surface area contributed by atoms with E-state index >= 15 is 0 Å². The molecule has 4 rings (SSSR count). The molecule has 0 spiro atoms. The predicted molar refractivity (Wildman–Crippen MR) is 140 cm³/mol. The average Bonchev–Trinajstić information content (AvgIpc) is 3.52. The molecule has 1 aromatic carbocycles. The van der Waals surface area contributed by atoms with Crippen LogP contribution in [0.3, 0.4) is 0 Å². The number of hydrogen-bond acceptors (Lipinski definition) is 7. The van der Waals surface area contributed by atoms with Crippen LogP contribution in [0.5, 0.6) is 0 Å². The lowest BCUT2D eigenvalue weighted by Crippen LogP contribution is -2.26. The van der Waals surface area contributed by atoms with E-state index in [1.54, 1.807) is 25.1 Å². The molecule has 3 heterocycles. The zero-order chi connectivity index (χ0) is 28.3. The lowest BCUT2D eigenvalue weighted by molar-refractivity contribution is -0.141. The van der Waals surface area contributed by atoms with Crippen molar-refractivity contribution in [1.82, 2.24) is 35.1 Å². The van der Waals surface area contributed by atoms with E-state index in [9.17, 15) is 22.8 Å². The number of alkyl halides is 3. The minimum absolute atomic E-state index is 0.0740. The summed E-state index contributed by atoms with van der Waals surface area (Å²) in [7, 11) is 0. The Kier molecular flexibility index (Phi) is 8.16. The molecule has 0 saturated heterocycles. The molecular weight excluding hydrogens is 654 g/mol. The van der Waals surface area contributed by atoms with E-state index in [1.165, 1.54) is 18.3 Å². The summed E-state index contributed by atoms with van der Waals surface area (Å²) in [6.07, 6.45) is -2.67. The molecule has 2 N–H and O–H groups in total. The monoisotopic (exact) mass is 669 g/mol. The highest BCUT2D eigenvalue weighted by atomic mass is 127. The van der Waals surface area contributed by atoms with E-state index in [0.29, 0.717) is 11.8 Å². The largest absolute Gasteiger partial charge is 0.436 e. The van der Waals surface area contributed by atoms with Crippen LogP contribution in [0, 0.1) is 21.8 Å². The van der Waals surface area contributed by atoms with Crippen molar-refractivity contribution in [2.24, 2.45) is 0 Å². The zero-order valence-electron chi connectivity index (χ0n) is 19.8. The van der Waals surface area contributed by atoms with Crippen LogP contribution >= 0.6 is 34.2 Å². The molecule has 0 aliphatic carbocycles. The minimum atomic E-state index is -4.67. The summed E-state index contributed by atoms with van der Waals surface area (Å²) in [5, 5.41) is 25.5.